The second kappa shape index (κ2) is 12.0. The molecule has 0 aliphatic heterocycles. The quantitative estimate of drug-likeness (QED) is 0.301. The van der Waals surface area contributed by atoms with Gasteiger partial charge in [0.15, 0.2) is 34.6 Å². The molecule has 0 N–H and O–H groups in total. The highest BCUT2D eigenvalue weighted by Crippen LogP contribution is 2.28. The lowest BCUT2D eigenvalue weighted by Gasteiger charge is -2.07. The predicted octanol–water partition coefficient (Wildman–Crippen LogP) is 4.53. The van der Waals surface area contributed by atoms with Gasteiger partial charge < -0.3 is 18.9 Å². The van der Waals surface area contributed by atoms with Crippen LogP contribution in [-0.2, 0) is 9.59 Å². The highest BCUT2D eigenvalue weighted by molar-refractivity contribution is 6.09. The van der Waals surface area contributed by atoms with Crippen molar-refractivity contribution >= 4 is 23.7 Å². The van der Waals surface area contributed by atoms with Crippen molar-refractivity contribution in [2.45, 2.75) is 6.42 Å². The topological polar surface area (TPSA) is 71.1 Å². The highest BCUT2D eigenvalue weighted by Gasteiger charge is 2.06. The third kappa shape index (κ3) is 7.19. The summed E-state index contributed by atoms with van der Waals surface area (Å²) in [6.45, 7) is 0. The molecule has 6 heteroatoms. The number of carbonyl (C=O) groups is 2. The van der Waals surface area contributed by atoms with Crippen molar-refractivity contribution in [3.63, 3.8) is 0 Å². The third-order valence-electron chi connectivity index (χ3n) is 4.31. The lowest BCUT2D eigenvalue weighted by Crippen LogP contribution is -2.01. The fourth-order valence-corrected chi connectivity index (χ4v) is 2.72. The Morgan fingerprint density at radius 2 is 1.13 bits per heavy atom. The Morgan fingerprint density at radius 1 is 0.645 bits per heavy atom. The molecule has 0 unspecified atom stereocenters. The van der Waals surface area contributed by atoms with Crippen molar-refractivity contribution in [3.8, 4) is 23.0 Å². The van der Waals surface area contributed by atoms with Gasteiger partial charge in [0.25, 0.3) is 0 Å². The largest absolute Gasteiger partial charge is 0.493 e. The molecular formula is C25H26O6. The number of ketones is 2. The lowest BCUT2D eigenvalue weighted by atomic mass is 10.1. The van der Waals surface area contributed by atoms with E-state index in [-0.39, 0.29) is 18.0 Å². The first-order valence-corrected chi connectivity index (χ1v) is 9.53. The molecule has 0 atom stereocenters. The van der Waals surface area contributed by atoms with Crippen molar-refractivity contribution in [1.82, 2.24) is 0 Å². The molecule has 31 heavy (non-hydrogen) atoms. The number of carbonyl (C=O) groups excluding carboxylic acids is 2. The van der Waals surface area contributed by atoms with Gasteiger partial charge in [-0.25, -0.2) is 0 Å². The standard InChI is InChI=1S/C25H26O6/c1-28-22-13-10-18(15-24(22)30-3)7-5-6-8-20(26)17-21(27)12-9-19-11-14-23(29-2)25(16-19)31-4/h5-16H,17H2,1-4H3. The van der Waals surface area contributed by atoms with E-state index in [2.05, 4.69) is 0 Å². The van der Waals surface area contributed by atoms with Gasteiger partial charge >= 0.3 is 0 Å². The second-order valence-electron chi connectivity index (χ2n) is 6.39. The van der Waals surface area contributed by atoms with Gasteiger partial charge in [0.2, 0.25) is 0 Å². The van der Waals surface area contributed by atoms with Crippen LogP contribution in [0.1, 0.15) is 17.5 Å². The average molecular weight is 422 g/mol. The zero-order valence-corrected chi connectivity index (χ0v) is 18.1. The van der Waals surface area contributed by atoms with Crippen LogP contribution in [0.15, 0.2) is 60.7 Å². The summed E-state index contributed by atoms with van der Waals surface area (Å²) in [6.07, 6.45) is 9.34. The van der Waals surface area contributed by atoms with Gasteiger partial charge in [-0.05, 0) is 47.5 Å². The first-order valence-electron chi connectivity index (χ1n) is 9.53. The minimum absolute atomic E-state index is 0.204. The monoisotopic (exact) mass is 422 g/mol. The summed E-state index contributed by atoms with van der Waals surface area (Å²) in [4.78, 5) is 24.0. The molecule has 0 aliphatic rings. The van der Waals surface area contributed by atoms with Crippen LogP contribution < -0.4 is 18.9 Å². The third-order valence-corrected chi connectivity index (χ3v) is 4.31. The van der Waals surface area contributed by atoms with Gasteiger partial charge in [0.1, 0.15) is 0 Å². The minimum atomic E-state index is -0.284. The van der Waals surface area contributed by atoms with E-state index in [9.17, 15) is 9.59 Å². The molecule has 0 spiro atoms. The summed E-state index contributed by atoms with van der Waals surface area (Å²) < 4.78 is 20.9. The van der Waals surface area contributed by atoms with E-state index in [0.717, 1.165) is 11.1 Å². The number of hydrogen-bond acceptors (Lipinski definition) is 6. The summed E-state index contributed by atoms with van der Waals surface area (Å²) in [5.74, 6) is 1.87. The first-order chi connectivity index (χ1) is 15.0. The molecule has 0 bridgehead atoms. The molecule has 0 heterocycles. The zero-order chi connectivity index (χ0) is 22.6. The highest BCUT2D eigenvalue weighted by atomic mass is 16.5. The van der Waals surface area contributed by atoms with Gasteiger partial charge in [0, 0.05) is 0 Å². The summed E-state index contributed by atoms with van der Waals surface area (Å²) in [6, 6.07) is 10.8. The van der Waals surface area contributed by atoms with Crippen LogP contribution in [0.5, 0.6) is 23.0 Å². The molecule has 2 aromatic rings. The maximum absolute atomic E-state index is 12.0. The van der Waals surface area contributed by atoms with Crippen LogP contribution in [0.2, 0.25) is 0 Å². The van der Waals surface area contributed by atoms with Crippen molar-refractivity contribution in [3.05, 3.63) is 71.8 Å². The molecule has 6 nitrogen and oxygen atoms in total. The molecule has 0 saturated carbocycles. The molecule has 162 valence electrons. The number of benzene rings is 2. The van der Waals surface area contributed by atoms with Crippen LogP contribution in [-0.4, -0.2) is 40.0 Å². The SMILES string of the molecule is COc1ccc(C=CC=CC(=O)CC(=O)C=Cc2ccc(OC)c(OC)c2)cc1OC. The summed E-state index contributed by atoms with van der Waals surface area (Å²) in [5.41, 5.74) is 1.66. The summed E-state index contributed by atoms with van der Waals surface area (Å²) in [7, 11) is 6.24. The molecule has 0 radical (unpaired) electrons. The Labute approximate surface area is 182 Å². The fourth-order valence-electron chi connectivity index (χ4n) is 2.72. The van der Waals surface area contributed by atoms with Crippen LogP contribution in [0.4, 0.5) is 0 Å². The Bertz CT molecular complexity index is 1000. The Balaban J connectivity index is 1.90. The molecule has 2 aromatic carbocycles. The van der Waals surface area contributed by atoms with Gasteiger partial charge in [0.05, 0.1) is 34.9 Å². The summed E-state index contributed by atoms with van der Waals surface area (Å²) >= 11 is 0. The van der Waals surface area contributed by atoms with Crippen molar-refractivity contribution in [1.29, 1.82) is 0 Å². The van der Waals surface area contributed by atoms with Crippen LogP contribution in [0, 0.1) is 0 Å². The van der Waals surface area contributed by atoms with Gasteiger partial charge in [-0.2, -0.15) is 0 Å². The van der Waals surface area contributed by atoms with E-state index < -0.39 is 0 Å². The Morgan fingerprint density at radius 3 is 1.65 bits per heavy atom. The van der Waals surface area contributed by atoms with Crippen molar-refractivity contribution in [2.24, 2.45) is 0 Å². The van der Waals surface area contributed by atoms with Crippen LogP contribution >= 0.6 is 0 Å². The first kappa shape index (κ1) is 23.5. The van der Waals surface area contributed by atoms with E-state index in [1.165, 1.54) is 12.2 Å². The maximum Gasteiger partial charge on any atom is 0.163 e. The number of ether oxygens (including phenoxy) is 4. The van der Waals surface area contributed by atoms with E-state index in [0.29, 0.717) is 23.0 Å². The lowest BCUT2D eigenvalue weighted by molar-refractivity contribution is -0.121. The van der Waals surface area contributed by atoms with E-state index in [1.807, 2.05) is 18.2 Å². The predicted molar refractivity (Wildman–Crippen MR) is 121 cm³/mol. The van der Waals surface area contributed by atoms with Gasteiger partial charge in [-0.15, -0.1) is 0 Å². The van der Waals surface area contributed by atoms with Gasteiger partial charge in [-0.3, -0.25) is 9.59 Å². The molecule has 0 fully saturated rings. The molecule has 0 amide bonds. The van der Waals surface area contributed by atoms with Crippen LogP contribution in [0.25, 0.3) is 12.2 Å². The average Bonchev–Trinajstić information content (AvgIpc) is 2.79. The van der Waals surface area contributed by atoms with Crippen LogP contribution in [0.3, 0.4) is 0 Å². The number of allylic oxidation sites excluding steroid dienone is 4. The fraction of sp³-hybridized carbons (Fsp3) is 0.200. The second-order valence-corrected chi connectivity index (χ2v) is 6.39. The molecule has 0 aliphatic carbocycles. The zero-order valence-electron chi connectivity index (χ0n) is 18.1. The van der Waals surface area contributed by atoms with Crippen molar-refractivity contribution < 1.29 is 28.5 Å². The van der Waals surface area contributed by atoms with E-state index in [1.54, 1.807) is 70.9 Å². The molecule has 2 rings (SSSR count). The molecule has 0 saturated heterocycles. The molecule has 0 aromatic heterocycles. The number of hydrogen-bond donors (Lipinski definition) is 0. The Hall–Kier alpha value is -3.80. The number of methoxy groups -OCH3 is 4. The smallest absolute Gasteiger partial charge is 0.163 e. The van der Waals surface area contributed by atoms with E-state index in [4.69, 9.17) is 18.9 Å². The maximum atomic E-state index is 12.0. The number of rotatable bonds is 11. The summed E-state index contributed by atoms with van der Waals surface area (Å²) in [5, 5.41) is 0. The normalized spacial score (nSPS) is 11.2. The minimum Gasteiger partial charge on any atom is -0.493 e. The van der Waals surface area contributed by atoms with Gasteiger partial charge in [-0.1, -0.05) is 36.4 Å². The molecular weight excluding hydrogens is 396 g/mol. The Kier molecular flexibility index (Phi) is 9.11. The van der Waals surface area contributed by atoms with Crippen molar-refractivity contribution in [2.75, 3.05) is 28.4 Å². The van der Waals surface area contributed by atoms with E-state index >= 15 is 0 Å².